The molecule has 1 aromatic carbocycles. The van der Waals surface area contributed by atoms with Crippen LogP contribution in [0.4, 0.5) is 5.69 Å². The molecule has 0 aliphatic heterocycles. The molecule has 0 unspecified atom stereocenters. The number of benzene rings is 1. The first-order valence-corrected chi connectivity index (χ1v) is 5.30. The minimum Gasteiger partial charge on any atom is -0.398 e. The Kier molecular flexibility index (Phi) is 3.69. The highest BCUT2D eigenvalue weighted by atomic mass is 79.9. The predicted molar refractivity (Wildman–Crippen MR) is 59.5 cm³/mol. The molecule has 3 heteroatoms. The smallest absolute Gasteiger partial charge is 0.0453 e. The molecule has 1 nitrogen and oxygen atoms in total. The van der Waals surface area contributed by atoms with Crippen molar-refractivity contribution < 1.29 is 0 Å². The Hall–Kier alpha value is -0.410. The zero-order valence-corrected chi connectivity index (χ0v) is 8.99. The molecule has 12 heavy (non-hydrogen) atoms. The largest absolute Gasteiger partial charge is 0.398 e. The van der Waals surface area contributed by atoms with E-state index in [1.807, 2.05) is 24.3 Å². The van der Waals surface area contributed by atoms with Gasteiger partial charge >= 0.3 is 0 Å². The maximum Gasteiger partial charge on any atom is 0.0453 e. The minimum atomic E-state index is 0.824. The van der Waals surface area contributed by atoms with Gasteiger partial charge in [0.1, 0.15) is 0 Å². The Bertz CT molecular complexity index is 286. The van der Waals surface area contributed by atoms with Crippen molar-refractivity contribution in [3.63, 3.8) is 0 Å². The van der Waals surface area contributed by atoms with Crippen LogP contribution in [0.25, 0.3) is 0 Å². The Labute approximate surface area is 85.2 Å². The maximum atomic E-state index is 5.75. The van der Waals surface area contributed by atoms with Gasteiger partial charge in [-0.2, -0.15) is 0 Å². The molecular formula is C9H10BrNS. The van der Waals surface area contributed by atoms with Gasteiger partial charge in [0.2, 0.25) is 0 Å². The Morgan fingerprint density at radius 2 is 2.33 bits per heavy atom. The summed E-state index contributed by atoms with van der Waals surface area (Å²) in [6.45, 7) is 3.65. The van der Waals surface area contributed by atoms with Gasteiger partial charge in [-0.1, -0.05) is 22.0 Å². The van der Waals surface area contributed by atoms with Crippen molar-refractivity contribution in [1.82, 2.24) is 0 Å². The quantitative estimate of drug-likeness (QED) is 0.501. The van der Waals surface area contributed by atoms with Crippen molar-refractivity contribution in [2.75, 3.05) is 11.5 Å². The summed E-state index contributed by atoms with van der Waals surface area (Å²) in [5.74, 6) is 0.890. The van der Waals surface area contributed by atoms with Crippen molar-refractivity contribution in [2.24, 2.45) is 0 Å². The van der Waals surface area contributed by atoms with Crippen LogP contribution >= 0.6 is 27.7 Å². The number of hydrogen-bond donors (Lipinski definition) is 1. The van der Waals surface area contributed by atoms with Crippen molar-refractivity contribution in [3.8, 4) is 0 Å². The molecule has 0 spiro atoms. The summed E-state index contributed by atoms with van der Waals surface area (Å²) in [7, 11) is 0. The molecule has 0 fully saturated rings. The number of thioether (sulfide) groups is 1. The number of halogens is 1. The lowest BCUT2D eigenvalue weighted by molar-refractivity contribution is 1.43. The van der Waals surface area contributed by atoms with Crippen LogP contribution in [0.1, 0.15) is 0 Å². The summed E-state index contributed by atoms with van der Waals surface area (Å²) in [5.41, 5.74) is 6.58. The highest BCUT2D eigenvalue weighted by Crippen LogP contribution is 2.27. The van der Waals surface area contributed by atoms with Gasteiger partial charge in [0, 0.05) is 20.8 Å². The average molecular weight is 244 g/mol. The lowest BCUT2D eigenvalue weighted by Gasteiger charge is -2.03. The van der Waals surface area contributed by atoms with E-state index in [-0.39, 0.29) is 0 Å². The monoisotopic (exact) mass is 243 g/mol. The van der Waals surface area contributed by atoms with E-state index in [9.17, 15) is 0 Å². The SMILES string of the molecule is C=CCSc1cc(Br)ccc1N. The molecule has 0 atom stereocenters. The lowest BCUT2D eigenvalue weighted by Crippen LogP contribution is -1.87. The van der Waals surface area contributed by atoms with E-state index in [0.29, 0.717) is 0 Å². The fraction of sp³-hybridized carbons (Fsp3) is 0.111. The number of anilines is 1. The summed E-state index contributed by atoms with van der Waals surface area (Å²) in [4.78, 5) is 1.10. The molecule has 0 saturated heterocycles. The van der Waals surface area contributed by atoms with Crippen molar-refractivity contribution in [3.05, 3.63) is 35.3 Å². The van der Waals surface area contributed by atoms with Crippen LogP contribution in [-0.2, 0) is 0 Å². The highest BCUT2D eigenvalue weighted by Gasteiger charge is 1.98. The Morgan fingerprint density at radius 3 is 3.00 bits per heavy atom. The van der Waals surface area contributed by atoms with E-state index in [0.717, 1.165) is 20.8 Å². The van der Waals surface area contributed by atoms with E-state index in [4.69, 9.17) is 5.73 Å². The molecule has 0 radical (unpaired) electrons. The standard InChI is InChI=1S/C9H10BrNS/c1-2-5-12-9-6-7(10)3-4-8(9)11/h2-4,6H,1,5,11H2. The third-order valence-electron chi connectivity index (χ3n) is 1.33. The zero-order valence-electron chi connectivity index (χ0n) is 6.59. The Morgan fingerprint density at radius 1 is 1.58 bits per heavy atom. The fourth-order valence-corrected chi connectivity index (χ4v) is 2.04. The lowest BCUT2D eigenvalue weighted by atomic mass is 10.3. The molecular weight excluding hydrogens is 234 g/mol. The summed E-state index contributed by atoms with van der Waals surface area (Å²) in [6.07, 6.45) is 1.87. The first-order chi connectivity index (χ1) is 5.74. The maximum absolute atomic E-state index is 5.75. The van der Waals surface area contributed by atoms with E-state index in [2.05, 4.69) is 22.5 Å². The molecule has 0 aromatic heterocycles. The van der Waals surface area contributed by atoms with Crippen LogP contribution in [0.15, 0.2) is 40.2 Å². The van der Waals surface area contributed by atoms with Gasteiger partial charge in [-0.05, 0) is 18.2 Å². The van der Waals surface area contributed by atoms with Gasteiger partial charge in [-0.25, -0.2) is 0 Å². The molecule has 0 amide bonds. The first kappa shape index (κ1) is 9.68. The second kappa shape index (κ2) is 4.58. The van der Waals surface area contributed by atoms with E-state index in [1.54, 1.807) is 11.8 Å². The Balaban J connectivity index is 2.82. The molecule has 0 aliphatic carbocycles. The summed E-state index contributed by atoms with van der Waals surface area (Å²) < 4.78 is 1.06. The van der Waals surface area contributed by atoms with Gasteiger partial charge < -0.3 is 5.73 Å². The molecule has 0 heterocycles. The molecule has 2 N–H and O–H groups in total. The fourth-order valence-electron chi connectivity index (χ4n) is 0.782. The molecule has 0 saturated carbocycles. The van der Waals surface area contributed by atoms with Crippen LogP contribution < -0.4 is 5.73 Å². The van der Waals surface area contributed by atoms with Crippen molar-refractivity contribution in [1.29, 1.82) is 0 Å². The molecule has 64 valence electrons. The molecule has 1 rings (SSSR count). The van der Waals surface area contributed by atoms with Gasteiger partial charge in [0.15, 0.2) is 0 Å². The number of rotatable bonds is 3. The van der Waals surface area contributed by atoms with Crippen LogP contribution in [0.2, 0.25) is 0 Å². The first-order valence-electron chi connectivity index (χ1n) is 3.52. The van der Waals surface area contributed by atoms with Crippen LogP contribution in [-0.4, -0.2) is 5.75 Å². The summed E-state index contributed by atoms with van der Waals surface area (Å²) in [6, 6.07) is 5.85. The number of nitrogens with two attached hydrogens (primary N) is 1. The number of hydrogen-bond acceptors (Lipinski definition) is 2. The normalized spacial score (nSPS) is 9.75. The van der Waals surface area contributed by atoms with Crippen LogP contribution in [0, 0.1) is 0 Å². The highest BCUT2D eigenvalue weighted by molar-refractivity contribution is 9.10. The minimum absolute atomic E-state index is 0.824. The van der Waals surface area contributed by atoms with E-state index >= 15 is 0 Å². The summed E-state index contributed by atoms with van der Waals surface area (Å²) in [5, 5.41) is 0. The molecule has 0 aliphatic rings. The predicted octanol–water partition coefficient (Wildman–Crippen LogP) is 3.31. The van der Waals surface area contributed by atoms with Crippen LogP contribution in [0.3, 0.4) is 0 Å². The molecule has 1 aromatic rings. The van der Waals surface area contributed by atoms with E-state index < -0.39 is 0 Å². The zero-order chi connectivity index (χ0) is 8.97. The van der Waals surface area contributed by atoms with Crippen molar-refractivity contribution in [2.45, 2.75) is 4.90 Å². The summed E-state index contributed by atoms with van der Waals surface area (Å²) >= 11 is 5.08. The van der Waals surface area contributed by atoms with E-state index in [1.165, 1.54) is 0 Å². The van der Waals surface area contributed by atoms with Gasteiger partial charge in [-0.3, -0.25) is 0 Å². The third-order valence-corrected chi connectivity index (χ3v) is 2.89. The van der Waals surface area contributed by atoms with Crippen molar-refractivity contribution >= 4 is 33.4 Å². The third kappa shape index (κ3) is 2.57. The topological polar surface area (TPSA) is 26.0 Å². The van der Waals surface area contributed by atoms with Gasteiger partial charge in [0.05, 0.1) is 0 Å². The second-order valence-electron chi connectivity index (χ2n) is 2.28. The van der Waals surface area contributed by atoms with Gasteiger partial charge in [-0.15, -0.1) is 18.3 Å². The molecule has 0 bridgehead atoms. The van der Waals surface area contributed by atoms with Crippen LogP contribution in [0.5, 0.6) is 0 Å². The van der Waals surface area contributed by atoms with Gasteiger partial charge in [0.25, 0.3) is 0 Å². The average Bonchev–Trinajstić information content (AvgIpc) is 2.07. The second-order valence-corrected chi connectivity index (χ2v) is 4.26. The number of nitrogen functional groups attached to an aromatic ring is 1.